The van der Waals surface area contributed by atoms with Crippen molar-refractivity contribution >= 4 is 27.5 Å². The minimum atomic E-state index is -0.396. The van der Waals surface area contributed by atoms with Crippen LogP contribution in [-0.2, 0) is 0 Å². The molecule has 0 radical (unpaired) electrons. The number of aliphatic hydroxyl groups is 1. The van der Waals surface area contributed by atoms with Gasteiger partial charge in [0.05, 0.1) is 11.7 Å². The van der Waals surface area contributed by atoms with Gasteiger partial charge in [0.2, 0.25) is 0 Å². The van der Waals surface area contributed by atoms with Crippen molar-refractivity contribution in [3.63, 3.8) is 0 Å². The van der Waals surface area contributed by atoms with Crippen LogP contribution in [0.2, 0.25) is 0 Å². The van der Waals surface area contributed by atoms with E-state index in [-0.39, 0.29) is 11.8 Å². The molecule has 1 aromatic carbocycles. The third-order valence-corrected chi connectivity index (χ3v) is 3.58. The summed E-state index contributed by atoms with van der Waals surface area (Å²) in [5, 5.41) is 15.5. The van der Waals surface area contributed by atoms with Gasteiger partial charge in [-0.2, -0.15) is 0 Å². The third kappa shape index (κ3) is 3.01. The standard InChI is InChI=1S/C12H16BrN3O2/c13-8-1-2-9(10(14)3-8)12(18)16-5-7-4-15-6-11(7)17/h1-3,7,11,15,17H,4-6,14H2,(H,16,18). The van der Waals surface area contributed by atoms with Gasteiger partial charge in [-0.25, -0.2) is 0 Å². The number of hydrogen-bond acceptors (Lipinski definition) is 4. The smallest absolute Gasteiger partial charge is 0.253 e. The monoisotopic (exact) mass is 313 g/mol. The van der Waals surface area contributed by atoms with E-state index in [0.29, 0.717) is 24.3 Å². The molecular formula is C12H16BrN3O2. The number of rotatable bonds is 3. The Morgan fingerprint density at radius 2 is 2.33 bits per heavy atom. The van der Waals surface area contributed by atoms with Crippen LogP contribution < -0.4 is 16.4 Å². The summed E-state index contributed by atoms with van der Waals surface area (Å²) in [4.78, 5) is 11.9. The lowest BCUT2D eigenvalue weighted by Crippen LogP contribution is -2.34. The van der Waals surface area contributed by atoms with E-state index in [4.69, 9.17) is 5.73 Å². The summed E-state index contributed by atoms with van der Waals surface area (Å²) in [5.74, 6) is -0.148. The molecule has 1 aliphatic heterocycles. The van der Waals surface area contributed by atoms with Crippen LogP contribution in [-0.4, -0.2) is 36.8 Å². The van der Waals surface area contributed by atoms with E-state index in [1.165, 1.54) is 0 Å². The van der Waals surface area contributed by atoms with Gasteiger partial charge in [0.15, 0.2) is 0 Å². The Bertz CT molecular complexity index is 453. The van der Waals surface area contributed by atoms with E-state index in [9.17, 15) is 9.90 Å². The molecule has 2 atom stereocenters. The number of carbonyl (C=O) groups is 1. The first-order valence-electron chi connectivity index (χ1n) is 5.80. The molecule has 0 bridgehead atoms. The molecule has 0 aromatic heterocycles. The molecule has 2 rings (SSSR count). The van der Waals surface area contributed by atoms with E-state index < -0.39 is 6.10 Å². The average molecular weight is 314 g/mol. The summed E-state index contributed by atoms with van der Waals surface area (Å²) in [7, 11) is 0. The fourth-order valence-electron chi connectivity index (χ4n) is 1.99. The Labute approximate surface area is 114 Å². The number of β-amino-alcohol motifs (C(OH)–C–C–N with tert-alkyl or cyclic N) is 1. The Morgan fingerprint density at radius 3 is 2.94 bits per heavy atom. The SMILES string of the molecule is Nc1cc(Br)ccc1C(=O)NCC1CNCC1O. The van der Waals surface area contributed by atoms with Crippen molar-refractivity contribution in [3.05, 3.63) is 28.2 Å². The first-order valence-corrected chi connectivity index (χ1v) is 6.59. The van der Waals surface area contributed by atoms with Crippen molar-refractivity contribution in [2.75, 3.05) is 25.4 Å². The lowest BCUT2D eigenvalue weighted by Gasteiger charge is -2.14. The topological polar surface area (TPSA) is 87.4 Å². The minimum Gasteiger partial charge on any atom is -0.398 e. The van der Waals surface area contributed by atoms with Gasteiger partial charge in [0.25, 0.3) is 5.91 Å². The predicted molar refractivity (Wildman–Crippen MR) is 73.3 cm³/mol. The zero-order valence-electron chi connectivity index (χ0n) is 9.82. The first kappa shape index (κ1) is 13.3. The summed E-state index contributed by atoms with van der Waals surface area (Å²) in [6.07, 6.45) is -0.396. The van der Waals surface area contributed by atoms with Crippen molar-refractivity contribution < 1.29 is 9.90 Å². The number of benzene rings is 1. The summed E-state index contributed by atoms with van der Waals surface area (Å²) >= 11 is 3.29. The van der Waals surface area contributed by atoms with Crippen molar-refractivity contribution in [1.82, 2.24) is 10.6 Å². The van der Waals surface area contributed by atoms with Crippen molar-refractivity contribution in [1.29, 1.82) is 0 Å². The number of halogens is 1. The predicted octanol–water partition coefficient (Wildman–Crippen LogP) is 0.341. The molecule has 0 saturated carbocycles. The van der Waals surface area contributed by atoms with E-state index in [0.717, 1.165) is 11.0 Å². The van der Waals surface area contributed by atoms with Crippen molar-refractivity contribution in [3.8, 4) is 0 Å². The minimum absolute atomic E-state index is 0.0608. The molecule has 1 saturated heterocycles. The van der Waals surface area contributed by atoms with E-state index >= 15 is 0 Å². The molecule has 2 unspecified atom stereocenters. The van der Waals surface area contributed by atoms with Gasteiger partial charge in [-0.3, -0.25) is 4.79 Å². The number of amides is 1. The van der Waals surface area contributed by atoms with Crippen molar-refractivity contribution in [2.24, 2.45) is 5.92 Å². The number of hydrogen-bond donors (Lipinski definition) is 4. The first-order chi connectivity index (χ1) is 8.58. The maximum atomic E-state index is 11.9. The van der Waals surface area contributed by atoms with Gasteiger partial charge < -0.3 is 21.5 Å². The van der Waals surface area contributed by atoms with Crippen LogP contribution in [0.25, 0.3) is 0 Å². The highest BCUT2D eigenvalue weighted by Gasteiger charge is 2.25. The zero-order valence-corrected chi connectivity index (χ0v) is 11.4. The Balaban J connectivity index is 1.95. The Morgan fingerprint density at radius 1 is 1.56 bits per heavy atom. The van der Waals surface area contributed by atoms with Crippen molar-refractivity contribution in [2.45, 2.75) is 6.10 Å². The maximum Gasteiger partial charge on any atom is 0.253 e. The fourth-order valence-corrected chi connectivity index (χ4v) is 2.37. The highest BCUT2D eigenvalue weighted by atomic mass is 79.9. The number of nitrogens with two attached hydrogens (primary N) is 1. The fraction of sp³-hybridized carbons (Fsp3) is 0.417. The molecular weight excluding hydrogens is 298 g/mol. The molecule has 1 aliphatic rings. The number of anilines is 1. The van der Waals surface area contributed by atoms with Gasteiger partial charge in [-0.1, -0.05) is 15.9 Å². The number of nitrogens with one attached hydrogen (secondary N) is 2. The molecule has 1 aromatic rings. The van der Waals surface area contributed by atoms with Crippen LogP contribution in [0.4, 0.5) is 5.69 Å². The molecule has 1 fully saturated rings. The maximum absolute atomic E-state index is 11.9. The van der Waals surface area contributed by atoms with Crippen LogP contribution in [0.3, 0.4) is 0 Å². The molecule has 6 heteroatoms. The highest BCUT2D eigenvalue weighted by molar-refractivity contribution is 9.10. The summed E-state index contributed by atoms with van der Waals surface area (Å²) in [5.41, 5.74) is 6.67. The normalized spacial score (nSPS) is 23.0. The lowest BCUT2D eigenvalue weighted by atomic mass is 10.1. The number of carbonyl (C=O) groups excluding carboxylic acids is 1. The summed E-state index contributed by atoms with van der Waals surface area (Å²) in [6, 6.07) is 5.15. The van der Waals surface area contributed by atoms with Crippen LogP contribution in [0.15, 0.2) is 22.7 Å². The van der Waals surface area contributed by atoms with Crippen LogP contribution in [0, 0.1) is 5.92 Å². The summed E-state index contributed by atoms with van der Waals surface area (Å²) < 4.78 is 0.840. The second kappa shape index (κ2) is 5.69. The molecule has 1 amide bonds. The second-order valence-corrected chi connectivity index (χ2v) is 5.34. The van der Waals surface area contributed by atoms with E-state index in [1.807, 2.05) is 0 Å². The zero-order chi connectivity index (χ0) is 13.1. The molecule has 5 nitrogen and oxygen atoms in total. The number of aliphatic hydroxyl groups excluding tert-OH is 1. The van der Waals surface area contributed by atoms with Gasteiger partial charge in [0, 0.05) is 35.7 Å². The average Bonchev–Trinajstić information content (AvgIpc) is 2.72. The van der Waals surface area contributed by atoms with E-state index in [2.05, 4.69) is 26.6 Å². The summed E-state index contributed by atoms with van der Waals surface area (Å²) in [6.45, 7) is 1.75. The molecule has 5 N–H and O–H groups in total. The molecule has 18 heavy (non-hydrogen) atoms. The lowest BCUT2D eigenvalue weighted by molar-refractivity contribution is 0.0928. The molecule has 1 heterocycles. The highest BCUT2D eigenvalue weighted by Crippen LogP contribution is 2.18. The molecule has 98 valence electrons. The van der Waals surface area contributed by atoms with Crippen LogP contribution >= 0.6 is 15.9 Å². The van der Waals surface area contributed by atoms with Gasteiger partial charge in [0.1, 0.15) is 0 Å². The van der Waals surface area contributed by atoms with Gasteiger partial charge in [-0.15, -0.1) is 0 Å². The van der Waals surface area contributed by atoms with Crippen LogP contribution in [0.5, 0.6) is 0 Å². The quantitative estimate of drug-likeness (QED) is 0.606. The molecule has 0 aliphatic carbocycles. The number of nitrogen functional groups attached to an aromatic ring is 1. The third-order valence-electron chi connectivity index (χ3n) is 3.09. The second-order valence-electron chi connectivity index (χ2n) is 4.43. The Hall–Kier alpha value is -1.11. The molecule has 0 spiro atoms. The van der Waals surface area contributed by atoms with Gasteiger partial charge >= 0.3 is 0 Å². The van der Waals surface area contributed by atoms with Gasteiger partial charge in [-0.05, 0) is 18.2 Å². The van der Waals surface area contributed by atoms with Crippen LogP contribution in [0.1, 0.15) is 10.4 Å². The Kier molecular flexibility index (Phi) is 4.21. The largest absolute Gasteiger partial charge is 0.398 e. The van der Waals surface area contributed by atoms with E-state index in [1.54, 1.807) is 18.2 Å².